The van der Waals surface area contributed by atoms with Crippen molar-refractivity contribution in [2.45, 2.75) is 45.2 Å². The van der Waals surface area contributed by atoms with E-state index in [1.165, 1.54) is 68.8 Å². The second-order valence-corrected chi connectivity index (χ2v) is 17.6. The molecule has 0 spiro atoms. The first-order valence-electron chi connectivity index (χ1n) is 12.8. The van der Waals surface area contributed by atoms with E-state index in [9.17, 15) is 0 Å². The van der Waals surface area contributed by atoms with Gasteiger partial charge in [-0.3, -0.25) is 0 Å². The maximum atomic E-state index is 2.44. The van der Waals surface area contributed by atoms with Crippen molar-refractivity contribution < 1.29 is 48.1 Å². The summed E-state index contributed by atoms with van der Waals surface area (Å²) in [5.41, 5.74) is 0.175. The van der Waals surface area contributed by atoms with E-state index in [1.807, 2.05) is 23.3 Å². The Morgan fingerprint density at radius 1 is 0.541 bits per heavy atom. The molecule has 0 amide bonds. The van der Waals surface area contributed by atoms with Crippen LogP contribution < -0.4 is 24.8 Å². The molecule has 0 heterocycles. The minimum absolute atomic E-state index is 0. The quantitative estimate of drug-likeness (QED) is 0.154. The van der Waals surface area contributed by atoms with Crippen LogP contribution in [0.3, 0.4) is 0 Å². The third-order valence-electron chi connectivity index (χ3n) is 6.45. The minimum Gasteiger partial charge on any atom is -1.00 e. The van der Waals surface area contributed by atoms with Crippen LogP contribution in [0.5, 0.6) is 0 Å². The summed E-state index contributed by atoms with van der Waals surface area (Å²) in [6.45, 7) is 4.71. The molecule has 0 aliphatic carbocycles. The first-order valence-corrected chi connectivity index (χ1v) is 18.7. The smallest absolute Gasteiger partial charge is 0.0771 e. The molecule has 6 rings (SSSR count). The van der Waals surface area contributed by atoms with Crippen LogP contribution in [0.25, 0.3) is 43.1 Å². The fourth-order valence-electron chi connectivity index (χ4n) is 4.62. The van der Waals surface area contributed by atoms with Gasteiger partial charge >= 0.3 is 74.0 Å². The largest absolute Gasteiger partial charge is 1.00 e. The molecular weight excluding hydrogens is 587 g/mol. The van der Waals surface area contributed by atoms with Gasteiger partial charge in [0.05, 0.1) is 0 Å². The topological polar surface area (TPSA) is 0 Å². The first-order chi connectivity index (χ1) is 17.2. The molecule has 190 valence electrons. The summed E-state index contributed by atoms with van der Waals surface area (Å²) in [5.74, 6) is 0. The predicted octanol–water partition coefficient (Wildman–Crippen LogP) is 4.17. The Bertz CT molecular complexity index is 1320. The van der Waals surface area contributed by atoms with Crippen molar-refractivity contribution in [1.29, 1.82) is 0 Å². The Balaban J connectivity index is 0.000000195. The Morgan fingerprint density at radius 3 is 1.16 bits per heavy atom. The van der Waals surface area contributed by atoms with Crippen LogP contribution >= 0.6 is 0 Å². The molecule has 6 aromatic carbocycles. The van der Waals surface area contributed by atoms with Gasteiger partial charge in [-0.15, -0.1) is 79.5 Å². The first kappa shape index (κ1) is 31.5. The zero-order valence-corrected chi connectivity index (χ0v) is 26.7. The zero-order valence-electron chi connectivity index (χ0n) is 21.7. The van der Waals surface area contributed by atoms with E-state index >= 15 is 0 Å². The van der Waals surface area contributed by atoms with Crippen molar-refractivity contribution >= 4 is 48.5 Å². The maximum Gasteiger partial charge on any atom is -0.0771 e. The van der Waals surface area contributed by atoms with Gasteiger partial charge in [0.15, 0.2) is 0 Å². The molecule has 0 aliphatic rings. The molecule has 0 N–H and O–H groups in total. The number of fused-ring (bicyclic) bond motifs is 6. The van der Waals surface area contributed by atoms with Crippen LogP contribution in [-0.4, -0.2) is 5.43 Å². The van der Waals surface area contributed by atoms with Gasteiger partial charge in [0, 0.05) is 0 Å². The normalized spacial score (nSPS) is 10.2. The molecule has 0 aromatic heterocycles. The summed E-state index contributed by atoms with van der Waals surface area (Å²) in [7, 11) is 0. The van der Waals surface area contributed by atoms with Gasteiger partial charge in [0.1, 0.15) is 0 Å². The average molecular weight is 621 g/mol. The van der Waals surface area contributed by atoms with Crippen LogP contribution in [0.15, 0.2) is 109 Å². The minimum atomic E-state index is 0. The molecule has 37 heavy (non-hydrogen) atoms. The summed E-state index contributed by atoms with van der Waals surface area (Å²) >= 11 is 1.81. The molecule has 6 aromatic rings. The van der Waals surface area contributed by atoms with Crippen LogP contribution in [-0.2, 0) is 23.3 Å². The SMILES string of the molecule is CCCCCC[Si](C)=[Zr+2].[Cl-].[Cl-].c1ccc2c(c1)[cH-]c1ccccc12.c1ccc2c(c1)[cH-]c1ccccc12. The van der Waals surface area contributed by atoms with Gasteiger partial charge in [-0.2, -0.15) is 0 Å². The van der Waals surface area contributed by atoms with Crippen LogP contribution in [0.4, 0.5) is 0 Å². The second-order valence-electron chi connectivity index (χ2n) is 9.23. The van der Waals surface area contributed by atoms with Gasteiger partial charge in [-0.1, -0.05) is 72.8 Å². The van der Waals surface area contributed by atoms with Crippen LogP contribution in [0.1, 0.15) is 32.6 Å². The monoisotopic (exact) mass is 618 g/mol. The Hall–Kier alpha value is -1.70. The fourth-order valence-corrected chi connectivity index (χ4v) is 6.71. The molecule has 0 unspecified atom stereocenters. The Morgan fingerprint density at radius 2 is 0.865 bits per heavy atom. The third-order valence-corrected chi connectivity index (χ3v) is 9.40. The van der Waals surface area contributed by atoms with E-state index < -0.39 is 0 Å². The van der Waals surface area contributed by atoms with Gasteiger partial charge in [0.25, 0.3) is 0 Å². The third kappa shape index (κ3) is 8.66. The summed E-state index contributed by atoms with van der Waals surface area (Å²) in [4.78, 5) is 0. The summed E-state index contributed by atoms with van der Waals surface area (Å²) in [5, 5.41) is 10.8. The van der Waals surface area contributed by atoms with Crippen molar-refractivity contribution in [3.05, 3.63) is 109 Å². The molecule has 0 atom stereocenters. The van der Waals surface area contributed by atoms with Gasteiger partial charge in [0.2, 0.25) is 0 Å². The molecule has 0 radical (unpaired) electrons. The number of rotatable bonds is 5. The van der Waals surface area contributed by atoms with E-state index in [4.69, 9.17) is 0 Å². The van der Waals surface area contributed by atoms with E-state index in [-0.39, 0.29) is 30.2 Å². The van der Waals surface area contributed by atoms with Gasteiger partial charge < -0.3 is 24.8 Å². The number of halogens is 2. The molecule has 0 saturated carbocycles. The predicted molar refractivity (Wildman–Crippen MR) is 155 cm³/mol. The van der Waals surface area contributed by atoms with Crippen molar-refractivity contribution in [3.8, 4) is 0 Å². The maximum absolute atomic E-state index is 2.44. The van der Waals surface area contributed by atoms with Crippen molar-refractivity contribution in [3.63, 3.8) is 0 Å². The molecule has 0 bridgehead atoms. The molecule has 0 saturated heterocycles. The van der Waals surface area contributed by atoms with E-state index in [0.29, 0.717) is 0 Å². The molecule has 0 aliphatic heterocycles. The van der Waals surface area contributed by atoms with Crippen LogP contribution in [0.2, 0.25) is 12.6 Å². The summed E-state index contributed by atoms with van der Waals surface area (Å²) < 4.78 is 0. The summed E-state index contributed by atoms with van der Waals surface area (Å²) in [6, 6.07) is 40.1. The Labute approximate surface area is 249 Å². The van der Waals surface area contributed by atoms with Gasteiger partial charge in [-0.25, -0.2) is 0 Å². The number of hydrogen-bond donors (Lipinski definition) is 0. The van der Waals surface area contributed by atoms with Crippen molar-refractivity contribution in [1.82, 2.24) is 0 Å². The van der Waals surface area contributed by atoms with E-state index in [1.54, 1.807) is 6.04 Å². The molecule has 0 nitrogen and oxygen atoms in total. The molecule has 4 heteroatoms. The van der Waals surface area contributed by atoms with Gasteiger partial charge in [-0.05, 0) is 0 Å². The van der Waals surface area contributed by atoms with E-state index in [2.05, 4.69) is 123 Å². The van der Waals surface area contributed by atoms with Crippen molar-refractivity contribution in [2.24, 2.45) is 0 Å². The summed E-state index contributed by atoms with van der Waals surface area (Å²) in [6.07, 6.45) is 5.81. The average Bonchev–Trinajstić information content (AvgIpc) is 3.46. The molecule has 0 fully saturated rings. The number of benzene rings is 4. The Kier molecular flexibility index (Phi) is 13.9. The zero-order chi connectivity index (χ0) is 24.5. The van der Waals surface area contributed by atoms with E-state index in [0.717, 1.165) is 0 Å². The second kappa shape index (κ2) is 16.3. The number of hydrogen-bond acceptors (Lipinski definition) is 0. The molecular formula is C33H34Cl2SiZr-2. The van der Waals surface area contributed by atoms with Crippen LogP contribution in [0, 0.1) is 0 Å². The fraction of sp³-hybridized carbons (Fsp3) is 0.212. The number of unbranched alkanes of at least 4 members (excludes halogenated alkanes) is 3. The van der Waals surface area contributed by atoms with Crippen molar-refractivity contribution in [2.75, 3.05) is 0 Å². The standard InChI is InChI=1S/2C13H9.C7H16Si.2ClH.Zr/c2*1-3-7-12-10(5-1)9-11-6-2-4-8-13(11)12;1-3-4-5-6-7-8-2;;;/h2*1-9H;3-7H2,1-2H3;2*1H;/q2*-1;;;;+2/p-2.